The first-order valence-corrected chi connectivity index (χ1v) is 9.91. The number of rotatable bonds is 5. The Balaban J connectivity index is 1.16. The van der Waals surface area contributed by atoms with E-state index in [0.29, 0.717) is 12.4 Å². The zero-order valence-corrected chi connectivity index (χ0v) is 16.3. The molecule has 4 aromatic rings. The number of nitrogens with zero attached hydrogens (tertiary/aromatic N) is 8. The largest absolute Gasteiger partial charge is 0.355 e. The Hall–Kier alpha value is -3.82. The van der Waals surface area contributed by atoms with Crippen LogP contribution in [0.15, 0.2) is 55.1 Å². The molecule has 1 amide bonds. The van der Waals surface area contributed by atoms with Gasteiger partial charge in [0.2, 0.25) is 5.91 Å². The Bertz CT molecular complexity index is 1150. The maximum atomic E-state index is 12.7. The number of amides is 1. The van der Waals surface area contributed by atoms with Crippen molar-refractivity contribution >= 4 is 23.2 Å². The van der Waals surface area contributed by atoms with E-state index < -0.39 is 0 Å². The topological polar surface area (TPSA) is 106 Å². The molecule has 1 aliphatic rings. The number of piperidine rings is 1. The van der Waals surface area contributed by atoms with E-state index in [2.05, 4.69) is 35.6 Å². The molecule has 0 unspecified atom stereocenters. The molecule has 4 aromatic heterocycles. The Morgan fingerprint density at radius 1 is 1.10 bits per heavy atom. The van der Waals surface area contributed by atoms with Crippen molar-refractivity contribution in [2.24, 2.45) is 5.92 Å². The summed E-state index contributed by atoms with van der Waals surface area (Å²) in [5, 5.41) is 19.7. The SMILES string of the molecule is O=C(Nc1ccn(Cc2ccccn2)n1)C1CCN(c2ccc3nncn3n2)CC1. The molecule has 10 heteroatoms. The van der Waals surface area contributed by atoms with Gasteiger partial charge in [0.1, 0.15) is 12.1 Å². The van der Waals surface area contributed by atoms with Crippen molar-refractivity contribution in [2.75, 3.05) is 23.3 Å². The standard InChI is InChI=1S/C20H21N9O/c30-20(23-17-8-12-28(25-17)13-16-3-1-2-9-21-16)15-6-10-27(11-7-15)19-5-4-18-24-22-14-29(18)26-19/h1-5,8-9,12,14-15H,6-7,10-11,13H2,(H,23,25,30). The van der Waals surface area contributed by atoms with E-state index in [1.807, 2.05) is 42.6 Å². The third-order valence-corrected chi connectivity index (χ3v) is 5.28. The zero-order valence-electron chi connectivity index (χ0n) is 16.3. The molecule has 1 saturated heterocycles. The second-order valence-electron chi connectivity index (χ2n) is 7.30. The van der Waals surface area contributed by atoms with Crippen LogP contribution in [0.1, 0.15) is 18.5 Å². The van der Waals surface area contributed by atoms with E-state index in [1.165, 1.54) is 0 Å². The summed E-state index contributed by atoms with van der Waals surface area (Å²) in [5.41, 5.74) is 1.64. The van der Waals surface area contributed by atoms with E-state index in [4.69, 9.17) is 0 Å². The number of aromatic nitrogens is 7. The highest BCUT2D eigenvalue weighted by molar-refractivity contribution is 5.91. The summed E-state index contributed by atoms with van der Waals surface area (Å²) in [6.07, 6.45) is 6.73. The van der Waals surface area contributed by atoms with Gasteiger partial charge >= 0.3 is 0 Å². The van der Waals surface area contributed by atoms with Gasteiger partial charge in [-0.1, -0.05) is 6.07 Å². The fourth-order valence-corrected chi connectivity index (χ4v) is 3.66. The number of hydrogen-bond acceptors (Lipinski definition) is 7. The van der Waals surface area contributed by atoms with Crippen LogP contribution in [0.3, 0.4) is 0 Å². The maximum Gasteiger partial charge on any atom is 0.228 e. The second-order valence-corrected chi connectivity index (χ2v) is 7.30. The number of carbonyl (C=O) groups is 1. The molecule has 5 heterocycles. The maximum absolute atomic E-state index is 12.7. The third kappa shape index (κ3) is 3.84. The van der Waals surface area contributed by atoms with Crippen molar-refractivity contribution in [1.82, 2.24) is 34.6 Å². The molecule has 0 aliphatic carbocycles. The minimum Gasteiger partial charge on any atom is -0.355 e. The lowest BCUT2D eigenvalue weighted by Crippen LogP contribution is -2.38. The van der Waals surface area contributed by atoms with Crippen molar-refractivity contribution in [3.8, 4) is 0 Å². The summed E-state index contributed by atoms with van der Waals surface area (Å²) in [6.45, 7) is 2.11. The Morgan fingerprint density at radius 2 is 2.00 bits per heavy atom. The highest BCUT2D eigenvalue weighted by Gasteiger charge is 2.26. The number of pyridine rings is 1. The molecular formula is C20H21N9O. The predicted octanol–water partition coefficient (Wildman–Crippen LogP) is 1.62. The zero-order chi connectivity index (χ0) is 20.3. The van der Waals surface area contributed by atoms with Crippen LogP contribution in [0.5, 0.6) is 0 Å². The van der Waals surface area contributed by atoms with Gasteiger partial charge in [0.15, 0.2) is 11.5 Å². The molecule has 0 saturated carbocycles. The molecule has 152 valence electrons. The molecule has 0 bridgehead atoms. The van der Waals surface area contributed by atoms with E-state index >= 15 is 0 Å². The van der Waals surface area contributed by atoms with Crippen LogP contribution in [0.2, 0.25) is 0 Å². The van der Waals surface area contributed by atoms with Crippen LogP contribution in [0, 0.1) is 5.92 Å². The fourth-order valence-electron chi connectivity index (χ4n) is 3.66. The average molecular weight is 403 g/mol. The quantitative estimate of drug-likeness (QED) is 0.540. The van der Waals surface area contributed by atoms with Gasteiger partial charge in [0.25, 0.3) is 0 Å². The summed E-state index contributed by atoms with van der Waals surface area (Å²) >= 11 is 0. The average Bonchev–Trinajstić information content (AvgIpc) is 3.43. The number of hydrogen-bond donors (Lipinski definition) is 1. The fraction of sp³-hybridized carbons (Fsp3) is 0.300. The van der Waals surface area contributed by atoms with Crippen molar-refractivity contribution in [1.29, 1.82) is 0 Å². The smallest absolute Gasteiger partial charge is 0.228 e. The molecule has 5 rings (SSSR count). The summed E-state index contributed by atoms with van der Waals surface area (Å²) in [4.78, 5) is 19.2. The van der Waals surface area contributed by atoms with E-state index in [-0.39, 0.29) is 11.8 Å². The van der Waals surface area contributed by atoms with Crippen molar-refractivity contribution < 1.29 is 4.79 Å². The van der Waals surface area contributed by atoms with Crippen LogP contribution in [0.4, 0.5) is 11.6 Å². The molecule has 0 radical (unpaired) electrons. The Kier molecular flexibility index (Phi) is 4.80. The summed E-state index contributed by atoms with van der Waals surface area (Å²) in [5.74, 6) is 1.41. The van der Waals surface area contributed by atoms with Crippen molar-refractivity contribution in [2.45, 2.75) is 19.4 Å². The number of nitrogens with one attached hydrogen (secondary N) is 1. The molecule has 0 atom stereocenters. The molecule has 0 spiro atoms. The van der Waals surface area contributed by atoms with E-state index in [0.717, 1.165) is 43.1 Å². The van der Waals surface area contributed by atoms with E-state index in [1.54, 1.807) is 21.7 Å². The molecular weight excluding hydrogens is 382 g/mol. The first-order chi connectivity index (χ1) is 14.7. The van der Waals surface area contributed by atoms with Crippen LogP contribution < -0.4 is 10.2 Å². The van der Waals surface area contributed by atoms with Crippen LogP contribution in [0.25, 0.3) is 5.65 Å². The van der Waals surface area contributed by atoms with Crippen LogP contribution >= 0.6 is 0 Å². The lowest BCUT2D eigenvalue weighted by molar-refractivity contribution is -0.120. The van der Waals surface area contributed by atoms with Gasteiger partial charge in [-0.25, -0.2) is 0 Å². The summed E-state index contributed by atoms with van der Waals surface area (Å²) in [7, 11) is 0. The van der Waals surface area contributed by atoms with Crippen molar-refractivity contribution in [3.05, 3.63) is 60.8 Å². The molecule has 0 aromatic carbocycles. The van der Waals surface area contributed by atoms with Crippen LogP contribution in [-0.2, 0) is 11.3 Å². The molecule has 1 aliphatic heterocycles. The number of anilines is 2. The minimum atomic E-state index is -0.0409. The normalized spacial score (nSPS) is 14.9. The van der Waals surface area contributed by atoms with E-state index in [9.17, 15) is 4.79 Å². The van der Waals surface area contributed by atoms with Gasteiger partial charge in [0.05, 0.1) is 12.2 Å². The highest BCUT2D eigenvalue weighted by atomic mass is 16.2. The monoisotopic (exact) mass is 403 g/mol. The lowest BCUT2D eigenvalue weighted by Gasteiger charge is -2.31. The molecule has 1 fully saturated rings. The second kappa shape index (κ2) is 7.90. The summed E-state index contributed by atoms with van der Waals surface area (Å²) < 4.78 is 3.43. The first-order valence-electron chi connectivity index (χ1n) is 9.91. The van der Waals surface area contributed by atoms with Gasteiger partial charge < -0.3 is 10.2 Å². The van der Waals surface area contributed by atoms with Crippen LogP contribution in [-0.4, -0.2) is 53.6 Å². The van der Waals surface area contributed by atoms with Crippen molar-refractivity contribution in [3.63, 3.8) is 0 Å². The van der Waals surface area contributed by atoms with Gasteiger partial charge in [-0.15, -0.1) is 15.3 Å². The lowest BCUT2D eigenvalue weighted by atomic mass is 9.96. The Labute approximate surface area is 172 Å². The van der Waals surface area contributed by atoms with Gasteiger partial charge in [-0.2, -0.15) is 9.61 Å². The minimum absolute atomic E-state index is 0.0138. The molecule has 1 N–H and O–H groups in total. The molecule has 10 nitrogen and oxygen atoms in total. The number of carbonyl (C=O) groups excluding carboxylic acids is 1. The first kappa shape index (κ1) is 18.2. The van der Waals surface area contributed by atoms with Gasteiger partial charge in [0, 0.05) is 37.5 Å². The number of fused-ring (bicyclic) bond motifs is 1. The third-order valence-electron chi connectivity index (χ3n) is 5.28. The summed E-state index contributed by atoms with van der Waals surface area (Å²) in [6, 6.07) is 11.4. The highest BCUT2D eigenvalue weighted by Crippen LogP contribution is 2.23. The van der Waals surface area contributed by atoms with Gasteiger partial charge in [-0.05, 0) is 37.1 Å². The molecule has 30 heavy (non-hydrogen) atoms. The van der Waals surface area contributed by atoms with Gasteiger partial charge in [-0.3, -0.25) is 14.5 Å². The predicted molar refractivity (Wildman–Crippen MR) is 110 cm³/mol. The Morgan fingerprint density at radius 3 is 2.83 bits per heavy atom.